The molecule has 1 aromatic heterocycles. The second-order valence-corrected chi connectivity index (χ2v) is 4.12. The first kappa shape index (κ1) is 11.7. The van der Waals surface area contributed by atoms with E-state index >= 15 is 0 Å². The van der Waals surface area contributed by atoms with Gasteiger partial charge in [-0.1, -0.05) is 17.7 Å². The Kier molecular flexibility index (Phi) is 3.44. The molecule has 0 atom stereocenters. The van der Waals surface area contributed by atoms with Crippen molar-refractivity contribution in [2.75, 3.05) is 24.3 Å². The Hall–Kier alpha value is -1.81. The minimum absolute atomic E-state index is 0.364. The smallest absolute Gasteiger partial charge is 0.171 e. The molecule has 1 heterocycles. The van der Waals surface area contributed by atoms with Crippen molar-refractivity contribution in [2.24, 2.45) is 0 Å². The van der Waals surface area contributed by atoms with Crippen molar-refractivity contribution < 1.29 is 0 Å². The van der Waals surface area contributed by atoms with Gasteiger partial charge in [-0.2, -0.15) is 0 Å². The van der Waals surface area contributed by atoms with Gasteiger partial charge in [0.05, 0.1) is 0 Å². The fraction of sp³-hybridized carbons (Fsp3) is 0.167. The molecule has 0 aliphatic heterocycles. The maximum Gasteiger partial charge on any atom is 0.171 e. The number of halogens is 1. The lowest BCUT2D eigenvalue weighted by atomic mass is 10.2. The lowest BCUT2D eigenvalue weighted by Crippen LogP contribution is -2.08. The van der Waals surface area contributed by atoms with Crippen LogP contribution in [0.4, 0.5) is 17.2 Å². The number of hydrogen-bond donors (Lipinski definition) is 1. The maximum absolute atomic E-state index is 5.93. The van der Waals surface area contributed by atoms with Crippen LogP contribution in [0, 0.1) is 0 Å². The van der Waals surface area contributed by atoms with Gasteiger partial charge in [0.2, 0.25) is 0 Å². The summed E-state index contributed by atoms with van der Waals surface area (Å²) in [5.74, 6) is 0.560. The number of rotatable bonds is 3. The molecule has 0 aliphatic rings. The standard InChI is InChI=1S/C12H13ClN4/c1-17(2)10-5-3-4-9(8-10)16-12-11(13)14-6-7-15-12/h3-8H,1-2H3,(H,15,16). The van der Waals surface area contributed by atoms with Crippen LogP contribution in [0.5, 0.6) is 0 Å². The molecule has 1 N–H and O–H groups in total. The molecule has 0 aliphatic carbocycles. The van der Waals surface area contributed by atoms with Gasteiger partial charge in [0.1, 0.15) is 0 Å². The zero-order chi connectivity index (χ0) is 12.3. The molecule has 0 fully saturated rings. The molecule has 0 bridgehead atoms. The molecule has 0 saturated carbocycles. The van der Waals surface area contributed by atoms with E-state index in [1.807, 2.05) is 43.3 Å². The average molecular weight is 249 g/mol. The van der Waals surface area contributed by atoms with Gasteiger partial charge in [0.15, 0.2) is 11.0 Å². The Balaban J connectivity index is 2.25. The molecule has 0 unspecified atom stereocenters. The van der Waals surface area contributed by atoms with Gasteiger partial charge in [-0.05, 0) is 18.2 Å². The van der Waals surface area contributed by atoms with E-state index in [1.165, 1.54) is 0 Å². The molecule has 88 valence electrons. The topological polar surface area (TPSA) is 41.0 Å². The second-order valence-electron chi connectivity index (χ2n) is 3.77. The van der Waals surface area contributed by atoms with Crippen LogP contribution in [0.15, 0.2) is 36.7 Å². The Morgan fingerprint density at radius 1 is 1.18 bits per heavy atom. The van der Waals surface area contributed by atoms with Crippen LogP contribution >= 0.6 is 11.6 Å². The van der Waals surface area contributed by atoms with Crippen molar-refractivity contribution in [3.63, 3.8) is 0 Å². The number of nitrogens with one attached hydrogen (secondary N) is 1. The monoisotopic (exact) mass is 248 g/mol. The third kappa shape index (κ3) is 2.85. The molecule has 2 rings (SSSR count). The average Bonchev–Trinajstić information content (AvgIpc) is 2.32. The molecule has 17 heavy (non-hydrogen) atoms. The van der Waals surface area contributed by atoms with E-state index in [-0.39, 0.29) is 0 Å². The van der Waals surface area contributed by atoms with E-state index in [0.29, 0.717) is 11.0 Å². The van der Waals surface area contributed by atoms with E-state index in [2.05, 4.69) is 15.3 Å². The van der Waals surface area contributed by atoms with Crippen molar-refractivity contribution in [1.29, 1.82) is 0 Å². The summed E-state index contributed by atoms with van der Waals surface area (Å²) in [6, 6.07) is 7.98. The van der Waals surface area contributed by atoms with E-state index < -0.39 is 0 Å². The predicted molar refractivity (Wildman–Crippen MR) is 71.1 cm³/mol. The Labute approximate surface area is 105 Å². The fourth-order valence-electron chi connectivity index (χ4n) is 1.40. The van der Waals surface area contributed by atoms with E-state index in [0.717, 1.165) is 11.4 Å². The first-order valence-electron chi connectivity index (χ1n) is 5.18. The van der Waals surface area contributed by atoms with Crippen molar-refractivity contribution in [3.8, 4) is 0 Å². The van der Waals surface area contributed by atoms with Crippen molar-refractivity contribution >= 4 is 28.8 Å². The largest absolute Gasteiger partial charge is 0.378 e. The number of benzene rings is 1. The summed E-state index contributed by atoms with van der Waals surface area (Å²) >= 11 is 5.93. The first-order valence-corrected chi connectivity index (χ1v) is 5.55. The van der Waals surface area contributed by atoms with Gasteiger partial charge in [-0.3, -0.25) is 0 Å². The quantitative estimate of drug-likeness (QED) is 0.907. The highest BCUT2D eigenvalue weighted by Gasteiger charge is 2.03. The summed E-state index contributed by atoms with van der Waals surface area (Å²) in [7, 11) is 3.99. The highest BCUT2D eigenvalue weighted by molar-refractivity contribution is 6.31. The van der Waals surface area contributed by atoms with Crippen molar-refractivity contribution in [3.05, 3.63) is 41.8 Å². The van der Waals surface area contributed by atoms with Crippen LogP contribution in [0.1, 0.15) is 0 Å². The second kappa shape index (κ2) is 5.01. The van der Waals surface area contributed by atoms with E-state index in [4.69, 9.17) is 11.6 Å². The van der Waals surface area contributed by atoms with Gasteiger partial charge in [-0.25, -0.2) is 9.97 Å². The summed E-state index contributed by atoms with van der Waals surface area (Å²) in [4.78, 5) is 10.1. The SMILES string of the molecule is CN(C)c1cccc(Nc2nccnc2Cl)c1. The van der Waals surface area contributed by atoms with Crippen LogP contribution < -0.4 is 10.2 Å². The Morgan fingerprint density at radius 2 is 1.94 bits per heavy atom. The Morgan fingerprint density at radius 3 is 2.65 bits per heavy atom. The summed E-state index contributed by atoms with van der Waals surface area (Å²) in [5, 5.41) is 3.50. The van der Waals surface area contributed by atoms with Gasteiger partial charge >= 0.3 is 0 Å². The molecule has 0 spiro atoms. The fourth-order valence-corrected chi connectivity index (χ4v) is 1.56. The molecule has 2 aromatic rings. The number of nitrogens with zero attached hydrogens (tertiary/aromatic N) is 3. The molecule has 0 radical (unpaired) electrons. The maximum atomic E-state index is 5.93. The minimum atomic E-state index is 0.364. The Bertz CT molecular complexity index is 513. The highest BCUT2D eigenvalue weighted by Crippen LogP contribution is 2.23. The molecule has 4 nitrogen and oxygen atoms in total. The third-order valence-electron chi connectivity index (χ3n) is 2.28. The summed E-state index contributed by atoms with van der Waals surface area (Å²) in [5.41, 5.74) is 2.04. The van der Waals surface area contributed by atoms with E-state index in [1.54, 1.807) is 12.4 Å². The molecule has 1 aromatic carbocycles. The van der Waals surface area contributed by atoms with Gasteiger partial charge in [0.25, 0.3) is 0 Å². The summed E-state index contributed by atoms with van der Waals surface area (Å²) in [6.45, 7) is 0. The first-order chi connectivity index (χ1) is 8.16. The number of hydrogen-bond acceptors (Lipinski definition) is 4. The van der Waals surface area contributed by atoms with Crippen LogP contribution in [0.2, 0.25) is 5.15 Å². The zero-order valence-electron chi connectivity index (χ0n) is 9.68. The molecular weight excluding hydrogens is 236 g/mol. The normalized spacial score (nSPS) is 10.1. The van der Waals surface area contributed by atoms with Crippen LogP contribution in [0.3, 0.4) is 0 Å². The van der Waals surface area contributed by atoms with Crippen LogP contribution in [-0.4, -0.2) is 24.1 Å². The van der Waals surface area contributed by atoms with E-state index in [9.17, 15) is 0 Å². The highest BCUT2D eigenvalue weighted by atomic mass is 35.5. The lowest BCUT2D eigenvalue weighted by molar-refractivity contribution is 1.13. The molecular formula is C12H13ClN4. The summed E-state index contributed by atoms with van der Waals surface area (Å²) < 4.78 is 0. The van der Waals surface area contributed by atoms with Crippen molar-refractivity contribution in [2.45, 2.75) is 0 Å². The zero-order valence-corrected chi connectivity index (χ0v) is 10.4. The van der Waals surface area contributed by atoms with Gasteiger partial charge in [-0.15, -0.1) is 0 Å². The molecule has 0 saturated heterocycles. The van der Waals surface area contributed by atoms with Gasteiger partial charge in [0, 0.05) is 37.9 Å². The molecule has 5 heteroatoms. The van der Waals surface area contributed by atoms with Crippen LogP contribution in [-0.2, 0) is 0 Å². The minimum Gasteiger partial charge on any atom is -0.378 e. The predicted octanol–water partition coefficient (Wildman–Crippen LogP) is 2.94. The number of anilines is 3. The van der Waals surface area contributed by atoms with Crippen LogP contribution in [0.25, 0.3) is 0 Å². The third-order valence-corrected chi connectivity index (χ3v) is 2.56. The van der Waals surface area contributed by atoms with Gasteiger partial charge < -0.3 is 10.2 Å². The molecule has 0 amide bonds. The number of aromatic nitrogens is 2. The van der Waals surface area contributed by atoms with Crippen molar-refractivity contribution in [1.82, 2.24) is 9.97 Å². The summed E-state index contributed by atoms with van der Waals surface area (Å²) in [6.07, 6.45) is 3.16. The lowest BCUT2D eigenvalue weighted by Gasteiger charge is -2.14.